The van der Waals surface area contributed by atoms with Crippen LogP contribution in [0.3, 0.4) is 0 Å². The fraction of sp³-hybridized carbons (Fsp3) is 0.0526. The molecule has 2 aromatic carbocycles. The van der Waals surface area contributed by atoms with Crippen molar-refractivity contribution in [3.8, 4) is 22.5 Å². The summed E-state index contributed by atoms with van der Waals surface area (Å²) in [6.07, 6.45) is 3.89. The molecule has 0 saturated heterocycles. The largest absolute Gasteiger partial charge is 0.356 e. The molecule has 0 radical (unpaired) electrons. The van der Waals surface area contributed by atoms with Gasteiger partial charge < -0.3 is 4.52 Å². The number of nitrogens with zero attached hydrogens (tertiary/aromatic N) is 3. The van der Waals surface area contributed by atoms with Crippen molar-refractivity contribution in [2.45, 2.75) is 6.54 Å². The van der Waals surface area contributed by atoms with Crippen molar-refractivity contribution < 1.29 is 4.52 Å². The molecule has 0 amide bonds. The Morgan fingerprint density at radius 2 is 1.52 bits per heavy atom. The van der Waals surface area contributed by atoms with Crippen LogP contribution in [0.5, 0.6) is 0 Å². The van der Waals surface area contributed by atoms with Crippen molar-refractivity contribution in [1.82, 2.24) is 14.9 Å². The quantitative estimate of drug-likeness (QED) is 0.566. The molecule has 2 heterocycles. The minimum Gasteiger partial charge on any atom is -0.356 e. The standard InChI is InChI=1S/C19H15N3O/c1-3-7-15(8-4-1)17-12-20-22(13-17)14-18-11-19(23-21-18)16-9-5-2-6-10-16/h1-13H,14H2. The Kier molecular flexibility index (Phi) is 3.48. The number of hydrogen-bond acceptors (Lipinski definition) is 3. The highest BCUT2D eigenvalue weighted by molar-refractivity contribution is 5.61. The summed E-state index contributed by atoms with van der Waals surface area (Å²) in [5.74, 6) is 0.774. The molecule has 0 atom stereocenters. The van der Waals surface area contributed by atoms with Crippen LogP contribution in [0, 0.1) is 0 Å². The molecule has 0 saturated carbocycles. The van der Waals surface area contributed by atoms with Crippen molar-refractivity contribution >= 4 is 0 Å². The Bertz CT molecular complexity index is 819. The molecule has 0 fully saturated rings. The Hall–Kier alpha value is -3.14. The highest BCUT2D eigenvalue weighted by atomic mass is 16.5. The van der Waals surface area contributed by atoms with Crippen LogP contribution in [0.15, 0.2) is 83.6 Å². The van der Waals surface area contributed by atoms with Gasteiger partial charge in [-0.1, -0.05) is 65.8 Å². The zero-order valence-corrected chi connectivity index (χ0v) is 12.5. The van der Waals surface area contributed by atoms with E-state index >= 15 is 0 Å². The van der Waals surface area contributed by atoms with Gasteiger partial charge in [-0.05, 0) is 5.56 Å². The maximum atomic E-state index is 5.42. The molecule has 4 rings (SSSR count). The lowest BCUT2D eigenvalue weighted by Gasteiger charge is -1.96. The van der Waals surface area contributed by atoms with Crippen LogP contribution < -0.4 is 0 Å². The van der Waals surface area contributed by atoms with Gasteiger partial charge >= 0.3 is 0 Å². The van der Waals surface area contributed by atoms with Crippen LogP contribution in [-0.2, 0) is 6.54 Å². The van der Waals surface area contributed by atoms with Gasteiger partial charge in [0.15, 0.2) is 5.76 Å². The van der Waals surface area contributed by atoms with Crippen LogP contribution in [0.2, 0.25) is 0 Å². The van der Waals surface area contributed by atoms with Crippen molar-refractivity contribution in [2.24, 2.45) is 0 Å². The smallest absolute Gasteiger partial charge is 0.167 e. The van der Waals surface area contributed by atoms with Crippen LogP contribution in [0.4, 0.5) is 0 Å². The molecule has 23 heavy (non-hydrogen) atoms. The summed E-state index contributed by atoms with van der Waals surface area (Å²) in [6.45, 7) is 0.586. The average Bonchev–Trinajstić information content (AvgIpc) is 3.27. The van der Waals surface area contributed by atoms with E-state index in [-0.39, 0.29) is 0 Å². The minimum absolute atomic E-state index is 0.586. The number of aromatic nitrogens is 3. The van der Waals surface area contributed by atoms with E-state index < -0.39 is 0 Å². The van der Waals surface area contributed by atoms with E-state index in [2.05, 4.69) is 22.4 Å². The number of rotatable bonds is 4. The van der Waals surface area contributed by atoms with Gasteiger partial charge in [-0.15, -0.1) is 0 Å². The van der Waals surface area contributed by atoms with Crippen molar-refractivity contribution in [3.05, 3.63) is 84.8 Å². The molecule has 4 heteroatoms. The molecule has 0 aliphatic rings. The minimum atomic E-state index is 0.586. The SMILES string of the molecule is c1ccc(-c2cnn(Cc3cc(-c4ccccc4)on3)c2)cc1. The highest BCUT2D eigenvalue weighted by Crippen LogP contribution is 2.21. The van der Waals surface area contributed by atoms with Crippen LogP contribution in [0.25, 0.3) is 22.5 Å². The highest BCUT2D eigenvalue weighted by Gasteiger charge is 2.08. The van der Waals surface area contributed by atoms with E-state index in [1.807, 2.05) is 71.7 Å². The van der Waals surface area contributed by atoms with Crippen LogP contribution in [0.1, 0.15) is 5.69 Å². The first-order valence-electron chi connectivity index (χ1n) is 7.47. The lowest BCUT2D eigenvalue weighted by molar-refractivity contribution is 0.419. The summed E-state index contributed by atoms with van der Waals surface area (Å²) in [5.41, 5.74) is 4.13. The topological polar surface area (TPSA) is 43.9 Å². The van der Waals surface area contributed by atoms with Gasteiger partial charge in [-0.3, -0.25) is 4.68 Å². The summed E-state index contributed by atoms with van der Waals surface area (Å²) >= 11 is 0. The summed E-state index contributed by atoms with van der Waals surface area (Å²) in [4.78, 5) is 0. The first-order chi connectivity index (χ1) is 11.4. The molecule has 112 valence electrons. The maximum Gasteiger partial charge on any atom is 0.167 e. The van der Waals surface area contributed by atoms with E-state index in [9.17, 15) is 0 Å². The van der Waals surface area contributed by atoms with Crippen LogP contribution in [-0.4, -0.2) is 14.9 Å². The normalized spacial score (nSPS) is 10.8. The summed E-state index contributed by atoms with van der Waals surface area (Å²) in [7, 11) is 0. The monoisotopic (exact) mass is 301 g/mol. The third-order valence-electron chi connectivity index (χ3n) is 3.68. The molecule has 0 aliphatic carbocycles. The Morgan fingerprint density at radius 1 is 0.826 bits per heavy atom. The molecular formula is C19H15N3O. The van der Waals surface area contributed by atoms with Gasteiger partial charge in [-0.2, -0.15) is 5.10 Å². The fourth-order valence-electron chi connectivity index (χ4n) is 2.52. The second kappa shape index (κ2) is 5.93. The fourth-order valence-corrected chi connectivity index (χ4v) is 2.52. The van der Waals surface area contributed by atoms with Gasteiger partial charge in [0.2, 0.25) is 0 Å². The molecule has 0 aliphatic heterocycles. The maximum absolute atomic E-state index is 5.42. The van der Waals surface area contributed by atoms with Gasteiger partial charge in [-0.25, -0.2) is 0 Å². The molecule has 0 N–H and O–H groups in total. The van der Waals surface area contributed by atoms with Crippen molar-refractivity contribution in [2.75, 3.05) is 0 Å². The van der Waals surface area contributed by atoms with E-state index in [1.165, 1.54) is 0 Å². The van der Waals surface area contributed by atoms with Crippen LogP contribution >= 0.6 is 0 Å². The Morgan fingerprint density at radius 3 is 2.26 bits per heavy atom. The van der Waals surface area contributed by atoms with Gasteiger partial charge in [0.1, 0.15) is 5.69 Å². The first kappa shape index (κ1) is 13.5. The Balaban J connectivity index is 1.53. The van der Waals surface area contributed by atoms with E-state index in [0.29, 0.717) is 6.54 Å². The van der Waals surface area contributed by atoms with E-state index in [1.54, 1.807) is 0 Å². The molecule has 4 nitrogen and oxygen atoms in total. The summed E-state index contributed by atoms with van der Waals surface area (Å²) in [6, 6.07) is 22.1. The Labute approximate surface area is 134 Å². The number of benzene rings is 2. The second-order valence-electron chi connectivity index (χ2n) is 5.34. The molecule has 0 unspecified atom stereocenters. The predicted octanol–water partition coefficient (Wildman–Crippen LogP) is 4.25. The molecule has 0 spiro atoms. The predicted molar refractivity (Wildman–Crippen MR) is 88.7 cm³/mol. The molecule has 0 bridgehead atoms. The third-order valence-corrected chi connectivity index (χ3v) is 3.68. The lowest BCUT2D eigenvalue weighted by Crippen LogP contribution is -1.99. The zero-order chi connectivity index (χ0) is 15.5. The van der Waals surface area contributed by atoms with E-state index in [4.69, 9.17) is 4.52 Å². The van der Waals surface area contributed by atoms with E-state index in [0.717, 1.165) is 28.1 Å². The van der Waals surface area contributed by atoms with Crippen molar-refractivity contribution in [1.29, 1.82) is 0 Å². The summed E-state index contributed by atoms with van der Waals surface area (Å²) in [5, 5.41) is 8.54. The van der Waals surface area contributed by atoms with Gasteiger partial charge in [0, 0.05) is 23.4 Å². The molecule has 4 aromatic rings. The second-order valence-corrected chi connectivity index (χ2v) is 5.34. The lowest BCUT2D eigenvalue weighted by atomic mass is 10.1. The molecule has 2 aromatic heterocycles. The zero-order valence-electron chi connectivity index (χ0n) is 12.5. The van der Waals surface area contributed by atoms with Gasteiger partial charge in [0.25, 0.3) is 0 Å². The number of hydrogen-bond donors (Lipinski definition) is 0. The summed E-state index contributed by atoms with van der Waals surface area (Å²) < 4.78 is 7.29. The third kappa shape index (κ3) is 2.92. The van der Waals surface area contributed by atoms with Crippen molar-refractivity contribution in [3.63, 3.8) is 0 Å². The molecular weight excluding hydrogens is 286 g/mol. The van der Waals surface area contributed by atoms with Gasteiger partial charge in [0.05, 0.1) is 12.7 Å². The first-order valence-corrected chi connectivity index (χ1v) is 7.47. The average molecular weight is 301 g/mol.